The normalized spacial score (nSPS) is 13.2. The third-order valence-electron chi connectivity index (χ3n) is 4.62. The third kappa shape index (κ3) is 5.16. The number of halogens is 3. The van der Waals surface area contributed by atoms with Crippen LogP contribution in [0, 0.1) is 0 Å². The van der Waals surface area contributed by atoms with Crippen molar-refractivity contribution >= 4 is 58.0 Å². The summed E-state index contributed by atoms with van der Waals surface area (Å²) < 4.78 is 0. The second-order valence-electron chi connectivity index (χ2n) is 7.25. The highest BCUT2D eigenvalue weighted by molar-refractivity contribution is 6.42. The maximum absolute atomic E-state index is 12.7. The number of hydrogen-bond acceptors (Lipinski definition) is 3. The van der Waals surface area contributed by atoms with Crippen LogP contribution in [0.4, 0.5) is 11.4 Å². The monoisotopic (exact) mass is 453 g/mol. The van der Waals surface area contributed by atoms with E-state index in [0.29, 0.717) is 16.3 Å². The van der Waals surface area contributed by atoms with Crippen LogP contribution in [-0.2, 0) is 11.2 Å². The van der Waals surface area contributed by atoms with Gasteiger partial charge in [0.25, 0.3) is 5.91 Å². The van der Waals surface area contributed by atoms with Crippen LogP contribution >= 0.6 is 34.8 Å². The first-order valence-electron chi connectivity index (χ1n) is 9.38. The van der Waals surface area contributed by atoms with E-state index in [1.807, 2.05) is 36.9 Å². The molecule has 0 radical (unpaired) electrons. The van der Waals surface area contributed by atoms with Crippen molar-refractivity contribution in [2.24, 2.45) is 0 Å². The van der Waals surface area contributed by atoms with E-state index in [9.17, 15) is 9.59 Å². The van der Waals surface area contributed by atoms with E-state index in [2.05, 4.69) is 10.6 Å². The van der Waals surface area contributed by atoms with Crippen LogP contribution in [0.25, 0.3) is 0 Å². The molecule has 0 saturated carbocycles. The average molecular weight is 455 g/mol. The van der Waals surface area contributed by atoms with Crippen LogP contribution < -0.4 is 15.5 Å². The maximum Gasteiger partial charge on any atom is 0.251 e. The number of fused-ring (bicyclic) bond motifs is 1. The second kappa shape index (κ2) is 9.24. The van der Waals surface area contributed by atoms with Gasteiger partial charge in [-0.15, -0.1) is 0 Å². The van der Waals surface area contributed by atoms with Crippen LogP contribution in [-0.4, -0.2) is 30.9 Å². The van der Waals surface area contributed by atoms with Gasteiger partial charge in [-0.1, -0.05) is 40.9 Å². The van der Waals surface area contributed by atoms with Gasteiger partial charge in [-0.3, -0.25) is 9.59 Å². The number of rotatable bonds is 5. The van der Waals surface area contributed by atoms with Crippen molar-refractivity contribution in [1.82, 2.24) is 5.32 Å². The van der Waals surface area contributed by atoms with Crippen molar-refractivity contribution in [3.8, 4) is 0 Å². The number of benzene rings is 2. The fraction of sp³-hybridized carbons (Fsp3) is 0.333. The molecule has 0 unspecified atom stereocenters. The minimum absolute atomic E-state index is 0.0534. The van der Waals surface area contributed by atoms with Gasteiger partial charge in [0.15, 0.2) is 0 Å². The number of amides is 2. The molecule has 0 spiro atoms. The molecule has 0 saturated heterocycles. The van der Waals surface area contributed by atoms with Gasteiger partial charge >= 0.3 is 0 Å². The Balaban J connectivity index is 1.79. The lowest BCUT2D eigenvalue weighted by molar-refractivity contribution is -0.115. The third-order valence-corrected chi connectivity index (χ3v) is 5.43. The average Bonchev–Trinajstić information content (AvgIpc) is 2.64. The molecule has 29 heavy (non-hydrogen) atoms. The zero-order chi connectivity index (χ0) is 21.1. The number of hydrogen-bond donors (Lipinski definition) is 2. The standard InChI is InChI=1S/C21H22Cl3N3O2/c1-12(2)25-21(29)15-5-3-7-18-14(15)6-4-8-27(18)11-19(28)26-20-16(23)9-13(22)10-17(20)24/h3,5,7,9-10,12H,4,6,8,11H2,1-2H3,(H,25,29)(H,26,28). The molecule has 1 aliphatic rings. The molecule has 0 atom stereocenters. The maximum atomic E-state index is 12.7. The zero-order valence-corrected chi connectivity index (χ0v) is 18.5. The highest BCUT2D eigenvalue weighted by Gasteiger charge is 2.24. The summed E-state index contributed by atoms with van der Waals surface area (Å²) in [7, 11) is 0. The Morgan fingerprint density at radius 3 is 2.48 bits per heavy atom. The smallest absolute Gasteiger partial charge is 0.251 e. The lowest BCUT2D eigenvalue weighted by atomic mass is 9.95. The SMILES string of the molecule is CC(C)NC(=O)c1cccc2c1CCCN2CC(=O)Nc1c(Cl)cc(Cl)cc1Cl. The van der Waals surface area contributed by atoms with Gasteiger partial charge in [0.05, 0.1) is 22.3 Å². The summed E-state index contributed by atoms with van der Waals surface area (Å²) in [4.78, 5) is 27.2. The second-order valence-corrected chi connectivity index (χ2v) is 8.50. The van der Waals surface area contributed by atoms with E-state index in [1.54, 1.807) is 0 Å². The minimum atomic E-state index is -0.249. The largest absolute Gasteiger partial charge is 0.362 e. The number of nitrogens with one attached hydrogen (secondary N) is 2. The van der Waals surface area contributed by atoms with Gasteiger partial charge in [-0.2, -0.15) is 0 Å². The molecule has 1 aliphatic heterocycles. The molecule has 0 bridgehead atoms. The Kier molecular flexibility index (Phi) is 6.93. The zero-order valence-electron chi connectivity index (χ0n) is 16.2. The molecule has 5 nitrogen and oxygen atoms in total. The fourth-order valence-electron chi connectivity index (χ4n) is 3.43. The molecule has 2 amide bonds. The number of carbonyl (C=O) groups excluding carboxylic acids is 2. The number of carbonyl (C=O) groups is 2. The molecule has 2 N–H and O–H groups in total. The van der Waals surface area contributed by atoms with Crippen molar-refractivity contribution in [3.63, 3.8) is 0 Å². The van der Waals surface area contributed by atoms with Gasteiger partial charge < -0.3 is 15.5 Å². The molecule has 8 heteroatoms. The van der Waals surface area contributed by atoms with Crippen molar-refractivity contribution in [2.75, 3.05) is 23.3 Å². The van der Waals surface area contributed by atoms with Crippen molar-refractivity contribution < 1.29 is 9.59 Å². The number of anilines is 2. The predicted molar refractivity (Wildman–Crippen MR) is 120 cm³/mol. The van der Waals surface area contributed by atoms with Crippen molar-refractivity contribution in [2.45, 2.75) is 32.7 Å². The van der Waals surface area contributed by atoms with E-state index in [0.717, 1.165) is 30.6 Å². The summed E-state index contributed by atoms with van der Waals surface area (Å²) in [5.41, 5.74) is 2.86. The lowest BCUT2D eigenvalue weighted by Gasteiger charge is -2.32. The van der Waals surface area contributed by atoms with Crippen LogP contribution in [0.5, 0.6) is 0 Å². The first kappa shape index (κ1) is 21.8. The van der Waals surface area contributed by atoms with E-state index in [1.165, 1.54) is 12.1 Å². The van der Waals surface area contributed by atoms with Gasteiger partial charge in [0.1, 0.15) is 0 Å². The van der Waals surface area contributed by atoms with Gasteiger partial charge in [-0.05, 0) is 56.5 Å². The van der Waals surface area contributed by atoms with Gasteiger partial charge in [0, 0.05) is 28.9 Å². The van der Waals surface area contributed by atoms with Crippen LogP contribution in [0.2, 0.25) is 15.1 Å². The quantitative estimate of drug-likeness (QED) is 0.654. The minimum Gasteiger partial charge on any atom is -0.362 e. The molecule has 154 valence electrons. The summed E-state index contributed by atoms with van der Waals surface area (Å²) in [5, 5.41) is 6.66. The van der Waals surface area contributed by atoms with E-state index >= 15 is 0 Å². The van der Waals surface area contributed by atoms with E-state index in [4.69, 9.17) is 34.8 Å². The molecule has 0 aromatic heterocycles. The van der Waals surface area contributed by atoms with Crippen molar-refractivity contribution in [1.29, 1.82) is 0 Å². The van der Waals surface area contributed by atoms with Crippen LogP contribution in [0.3, 0.4) is 0 Å². The lowest BCUT2D eigenvalue weighted by Crippen LogP contribution is -2.38. The molecular formula is C21H22Cl3N3O2. The first-order chi connectivity index (χ1) is 13.8. The molecule has 1 heterocycles. The molecule has 2 aromatic carbocycles. The summed E-state index contributed by atoms with van der Waals surface area (Å²) in [6, 6.07) is 8.72. The first-order valence-corrected chi connectivity index (χ1v) is 10.5. The summed E-state index contributed by atoms with van der Waals surface area (Å²) in [6.45, 7) is 4.70. The highest BCUT2D eigenvalue weighted by Crippen LogP contribution is 2.34. The molecule has 3 rings (SSSR count). The Hall–Kier alpha value is -1.95. The predicted octanol–water partition coefficient (Wildman–Crippen LogP) is 5.18. The van der Waals surface area contributed by atoms with E-state index in [-0.39, 0.29) is 34.4 Å². The Labute approximate surface area is 185 Å². The Bertz CT molecular complexity index is 924. The summed E-state index contributed by atoms with van der Waals surface area (Å²) in [6.07, 6.45) is 1.65. The molecule has 2 aromatic rings. The Morgan fingerprint density at radius 2 is 1.83 bits per heavy atom. The van der Waals surface area contributed by atoms with Gasteiger partial charge in [0.2, 0.25) is 5.91 Å². The summed E-state index contributed by atoms with van der Waals surface area (Å²) >= 11 is 18.2. The van der Waals surface area contributed by atoms with Crippen LogP contribution in [0.15, 0.2) is 30.3 Å². The Morgan fingerprint density at radius 1 is 1.14 bits per heavy atom. The van der Waals surface area contributed by atoms with E-state index < -0.39 is 0 Å². The highest BCUT2D eigenvalue weighted by atomic mass is 35.5. The summed E-state index contributed by atoms with van der Waals surface area (Å²) in [5.74, 6) is -0.344. The number of nitrogens with zero attached hydrogens (tertiary/aromatic N) is 1. The van der Waals surface area contributed by atoms with Crippen molar-refractivity contribution in [3.05, 3.63) is 56.5 Å². The fourth-order valence-corrected chi connectivity index (χ4v) is 4.34. The molecular weight excluding hydrogens is 433 g/mol. The topological polar surface area (TPSA) is 61.4 Å². The van der Waals surface area contributed by atoms with Gasteiger partial charge in [-0.25, -0.2) is 0 Å². The molecule has 0 aliphatic carbocycles. The molecule has 0 fully saturated rings. The van der Waals surface area contributed by atoms with Crippen LogP contribution in [0.1, 0.15) is 36.2 Å².